The van der Waals surface area contributed by atoms with Gasteiger partial charge >= 0.3 is 0 Å². The van der Waals surface area contributed by atoms with Gasteiger partial charge in [-0.25, -0.2) is 13.6 Å². The molecule has 0 aliphatic carbocycles. The monoisotopic (exact) mass is 459 g/mol. The number of benzene rings is 2. The van der Waals surface area contributed by atoms with Gasteiger partial charge in [0.05, 0.1) is 30.7 Å². The smallest absolute Gasteiger partial charge is 0.238 e. The van der Waals surface area contributed by atoms with Crippen molar-refractivity contribution in [2.45, 2.75) is 43.2 Å². The van der Waals surface area contributed by atoms with Gasteiger partial charge in [-0.05, 0) is 61.7 Å². The number of ether oxygens (including phenoxy) is 2. The Labute approximate surface area is 188 Å². The van der Waals surface area contributed by atoms with E-state index in [0.717, 1.165) is 48.4 Å². The molecule has 0 aromatic heterocycles. The topological polar surface area (TPSA) is 111 Å². The minimum Gasteiger partial charge on any atom is -0.490 e. The summed E-state index contributed by atoms with van der Waals surface area (Å²) in [7, 11) is -3.74. The van der Waals surface area contributed by atoms with E-state index in [1.807, 2.05) is 19.1 Å². The summed E-state index contributed by atoms with van der Waals surface area (Å²) in [5.41, 5.74) is 1.94. The molecule has 2 aliphatic rings. The molecule has 2 aromatic rings. The summed E-state index contributed by atoms with van der Waals surface area (Å²) in [6, 6.07) is 12.2. The highest BCUT2D eigenvalue weighted by Crippen LogP contribution is 2.37. The van der Waals surface area contributed by atoms with Crippen molar-refractivity contribution in [1.29, 1.82) is 0 Å². The van der Waals surface area contributed by atoms with Gasteiger partial charge in [-0.3, -0.25) is 9.69 Å². The van der Waals surface area contributed by atoms with E-state index in [1.165, 1.54) is 12.1 Å². The van der Waals surface area contributed by atoms with E-state index in [4.69, 9.17) is 14.6 Å². The average Bonchev–Trinajstić information content (AvgIpc) is 3.08. The molecule has 2 aromatic carbocycles. The fourth-order valence-corrected chi connectivity index (χ4v) is 4.80. The molecule has 9 heteroatoms. The van der Waals surface area contributed by atoms with Gasteiger partial charge in [-0.2, -0.15) is 0 Å². The van der Waals surface area contributed by atoms with Gasteiger partial charge in [0.15, 0.2) is 11.5 Å². The zero-order valence-electron chi connectivity index (χ0n) is 18.1. The van der Waals surface area contributed by atoms with Crippen LogP contribution >= 0.6 is 0 Å². The molecular formula is C23H29N3O5S. The van der Waals surface area contributed by atoms with Gasteiger partial charge < -0.3 is 14.8 Å². The Balaban J connectivity index is 1.39. The number of nitrogens with zero attached hydrogens (tertiary/aromatic N) is 1. The van der Waals surface area contributed by atoms with Crippen LogP contribution in [0.15, 0.2) is 47.4 Å². The quantitative estimate of drug-likeness (QED) is 0.687. The molecule has 2 heterocycles. The third-order valence-corrected chi connectivity index (χ3v) is 6.88. The maximum Gasteiger partial charge on any atom is 0.238 e. The van der Waals surface area contributed by atoms with Crippen LogP contribution in [0, 0.1) is 0 Å². The molecule has 1 saturated heterocycles. The molecule has 4 rings (SSSR count). The molecule has 172 valence electrons. The Hall–Kier alpha value is -2.62. The lowest BCUT2D eigenvalue weighted by molar-refractivity contribution is -0.123. The third-order valence-electron chi connectivity index (χ3n) is 5.95. The Kier molecular flexibility index (Phi) is 6.68. The van der Waals surface area contributed by atoms with Crippen molar-refractivity contribution < 1.29 is 22.7 Å². The molecule has 32 heavy (non-hydrogen) atoms. The lowest BCUT2D eigenvalue weighted by Crippen LogP contribution is -2.38. The standard InChI is InChI=1S/C23H29N3O5S/c1-16(17-5-8-19(9-6-17)32(24,28)29)25-23(27)15-26-11-2-4-20(26)18-7-10-21-22(14-18)31-13-3-12-30-21/h5-10,14,16,20H,2-4,11-13,15H2,1H3,(H,25,27)(H2,24,28,29). The van der Waals surface area contributed by atoms with Crippen LogP contribution < -0.4 is 19.9 Å². The number of carbonyl (C=O) groups is 1. The summed E-state index contributed by atoms with van der Waals surface area (Å²) >= 11 is 0. The van der Waals surface area contributed by atoms with E-state index in [9.17, 15) is 13.2 Å². The second-order valence-corrected chi connectivity index (χ2v) is 9.85. The van der Waals surface area contributed by atoms with Gasteiger partial charge in [-0.1, -0.05) is 18.2 Å². The first-order valence-electron chi connectivity index (χ1n) is 10.9. The third kappa shape index (κ3) is 5.23. The molecule has 3 N–H and O–H groups in total. The summed E-state index contributed by atoms with van der Waals surface area (Å²) in [6.07, 6.45) is 2.87. The van der Waals surface area contributed by atoms with Crippen molar-refractivity contribution >= 4 is 15.9 Å². The zero-order chi connectivity index (χ0) is 22.7. The first kappa shape index (κ1) is 22.6. The molecule has 0 saturated carbocycles. The maximum absolute atomic E-state index is 12.8. The van der Waals surface area contributed by atoms with Crippen molar-refractivity contribution in [3.05, 3.63) is 53.6 Å². The van der Waals surface area contributed by atoms with E-state index < -0.39 is 10.0 Å². The number of hydrogen-bond acceptors (Lipinski definition) is 6. The van der Waals surface area contributed by atoms with E-state index in [1.54, 1.807) is 12.1 Å². The molecule has 2 unspecified atom stereocenters. The number of sulfonamides is 1. The Bertz CT molecular complexity index is 1070. The number of nitrogens with two attached hydrogens (primary N) is 1. The van der Waals surface area contributed by atoms with Gasteiger partial charge in [0.1, 0.15) is 0 Å². The SMILES string of the molecule is CC(NC(=O)CN1CCCC1c1ccc2c(c1)OCCCO2)c1ccc(S(N)(=O)=O)cc1. The van der Waals surface area contributed by atoms with E-state index in [0.29, 0.717) is 19.8 Å². The number of hydrogen-bond donors (Lipinski definition) is 2. The van der Waals surface area contributed by atoms with Crippen molar-refractivity contribution in [2.24, 2.45) is 5.14 Å². The molecular weight excluding hydrogens is 430 g/mol. The lowest BCUT2D eigenvalue weighted by atomic mass is 10.0. The van der Waals surface area contributed by atoms with Crippen LogP contribution in [0.25, 0.3) is 0 Å². The first-order valence-corrected chi connectivity index (χ1v) is 12.4. The molecule has 2 atom stereocenters. The molecule has 2 aliphatic heterocycles. The van der Waals surface area contributed by atoms with E-state index in [2.05, 4.69) is 16.3 Å². The fraction of sp³-hybridized carbons (Fsp3) is 0.435. The number of amides is 1. The maximum atomic E-state index is 12.8. The molecule has 0 bridgehead atoms. The molecule has 1 amide bonds. The van der Waals surface area contributed by atoms with Crippen molar-refractivity contribution in [3.63, 3.8) is 0 Å². The number of nitrogens with one attached hydrogen (secondary N) is 1. The molecule has 0 spiro atoms. The second-order valence-electron chi connectivity index (χ2n) is 8.29. The van der Waals surface area contributed by atoms with Gasteiger partial charge in [0, 0.05) is 12.5 Å². The van der Waals surface area contributed by atoms with E-state index in [-0.39, 0.29) is 22.9 Å². The number of primary sulfonamides is 1. The average molecular weight is 460 g/mol. The summed E-state index contributed by atoms with van der Waals surface area (Å²) in [5, 5.41) is 8.15. The van der Waals surface area contributed by atoms with E-state index >= 15 is 0 Å². The van der Waals surface area contributed by atoms with Crippen LogP contribution in [0.2, 0.25) is 0 Å². The summed E-state index contributed by atoms with van der Waals surface area (Å²) in [5.74, 6) is 1.47. The van der Waals surface area contributed by atoms with Crippen LogP contribution in [0.4, 0.5) is 0 Å². The largest absolute Gasteiger partial charge is 0.490 e. The van der Waals surface area contributed by atoms with Crippen LogP contribution in [0.3, 0.4) is 0 Å². The second kappa shape index (κ2) is 9.48. The van der Waals surface area contributed by atoms with Crippen molar-refractivity contribution in [2.75, 3.05) is 26.3 Å². The molecule has 1 fully saturated rings. The molecule has 0 radical (unpaired) electrons. The number of likely N-dealkylation sites (tertiary alicyclic amines) is 1. The van der Waals surface area contributed by atoms with Crippen LogP contribution in [-0.4, -0.2) is 45.5 Å². The normalized spacial score (nSPS) is 19.9. The predicted molar refractivity (Wildman–Crippen MR) is 120 cm³/mol. The van der Waals surface area contributed by atoms with Gasteiger partial charge in [0.2, 0.25) is 15.9 Å². The summed E-state index contributed by atoms with van der Waals surface area (Å²) < 4.78 is 34.4. The summed E-state index contributed by atoms with van der Waals surface area (Å²) in [6.45, 7) is 4.31. The predicted octanol–water partition coefficient (Wildman–Crippen LogP) is 2.51. The fourth-order valence-electron chi connectivity index (χ4n) is 4.28. The van der Waals surface area contributed by atoms with Crippen LogP contribution in [0.5, 0.6) is 11.5 Å². The lowest BCUT2D eigenvalue weighted by Gasteiger charge is -2.26. The number of rotatable bonds is 6. The minimum absolute atomic E-state index is 0.0508. The van der Waals surface area contributed by atoms with Crippen molar-refractivity contribution in [3.8, 4) is 11.5 Å². The first-order chi connectivity index (χ1) is 15.3. The molecule has 8 nitrogen and oxygen atoms in total. The highest BCUT2D eigenvalue weighted by molar-refractivity contribution is 7.89. The number of carbonyl (C=O) groups excluding carboxylic acids is 1. The minimum atomic E-state index is -3.74. The highest BCUT2D eigenvalue weighted by atomic mass is 32.2. The van der Waals surface area contributed by atoms with Crippen molar-refractivity contribution in [1.82, 2.24) is 10.2 Å². The number of fused-ring (bicyclic) bond motifs is 1. The summed E-state index contributed by atoms with van der Waals surface area (Å²) in [4.78, 5) is 15.0. The van der Waals surface area contributed by atoms with Crippen LogP contribution in [-0.2, 0) is 14.8 Å². The Morgan fingerprint density at radius 1 is 1.12 bits per heavy atom. The van der Waals surface area contributed by atoms with Crippen LogP contribution in [0.1, 0.15) is 49.4 Å². The Morgan fingerprint density at radius 3 is 2.56 bits per heavy atom. The zero-order valence-corrected chi connectivity index (χ0v) is 18.9. The van der Waals surface area contributed by atoms with Gasteiger partial charge in [-0.15, -0.1) is 0 Å². The van der Waals surface area contributed by atoms with Gasteiger partial charge in [0.25, 0.3) is 0 Å². The Morgan fingerprint density at radius 2 is 1.84 bits per heavy atom. The highest BCUT2D eigenvalue weighted by Gasteiger charge is 2.29.